The lowest BCUT2D eigenvalue weighted by Crippen LogP contribution is -2.04. The number of nitrogens with zero attached hydrogens (tertiary/aromatic N) is 3. The van der Waals surface area contributed by atoms with Crippen LogP contribution in [0.4, 0.5) is 11.4 Å². The van der Waals surface area contributed by atoms with Crippen LogP contribution in [0.3, 0.4) is 0 Å². The van der Waals surface area contributed by atoms with E-state index in [1.165, 1.54) is 12.1 Å². The summed E-state index contributed by atoms with van der Waals surface area (Å²) in [6, 6.07) is 19.6. The van der Waals surface area contributed by atoms with Gasteiger partial charge >= 0.3 is 0 Å². The van der Waals surface area contributed by atoms with Gasteiger partial charge < -0.3 is 20.8 Å². The molecule has 3 aromatic carbocycles. The number of imidazole rings is 1. The van der Waals surface area contributed by atoms with Crippen LogP contribution in [0.2, 0.25) is 0 Å². The maximum Gasteiger partial charge on any atom is 0.270 e. The first-order chi connectivity index (χ1) is 17.5. The molecule has 2 aromatic heterocycles. The highest BCUT2D eigenvalue weighted by Gasteiger charge is 2.21. The van der Waals surface area contributed by atoms with E-state index < -0.39 is 4.92 Å². The lowest BCUT2D eigenvalue weighted by atomic mass is 9.99. The molecule has 2 heterocycles. The van der Waals surface area contributed by atoms with Crippen molar-refractivity contribution in [1.29, 1.82) is 0 Å². The van der Waals surface area contributed by atoms with Crippen molar-refractivity contribution in [3.05, 3.63) is 106 Å². The van der Waals surface area contributed by atoms with Crippen molar-refractivity contribution in [2.45, 2.75) is 19.9 Å². The third-order valence-corrected chi connectivity index (χ3v) is 6.06. The summed E-state index contributed by atoms with van der Waals surface area (Å²) in [6.45, 7) is 2.43. The van der Waals surface area contributed by atoms with Crippen LogP contribution in [0.1, 0.15) is 29.4 Å². The number of nitrogens with two attached hydrogens (primary N) is 1. The van der Waals surface area contributed by atoms with Gasteiger partial charge in [-0.15, -0.1) is 0 Å². The van der Waals surface area contributed by atoms with Crippen molar-refractivity contribution in [3.63, 3.8) is 0 Å². The van der Waals surface area contributed by atoms with Crippen LogP contribution in [-0.2, 0) is 13.0 Å². The largest absolute Gasteiger partial charge is 0.494 e. The quantitative estimate of drug-likeness (QED) is 0.141. The minimum absolute atomic E-state index is 0.0732. The van der Waals surface area contributed by atoms with Crippen LogP contribution in [0.15, 0.2) is 77.9 Å². The van der Waals surface area contributed by atoms with Crippen molar-refractivity contribution < 1.29 is 10.0 Å². The maximum absolute atomic E-state index is 11.4. The molecule has 5 N–H and O–H groups in total. The fourth-order valence-corrected chi connectivity index (χ4v) is 4.12. The van der Waals surface area contributed by atoms with E-state index in [-0.39, 0.29) is 11.6 Å². The summed E-state index contributed by atoms with van der Waals surface area (Å²) < 4.78 is 0. The maximum atomic E-state index is 11.4. The number of aryl methyl sites for hydroxylation is 1. The fraction of sp³-hybridized carbons (Fsp3) is 0.111. The van der Waals surface area contributed by atoms with E-state index in [2.05, 4.69) is 15.0 Å². The second-order valence-electron chi connectivity index (χ2n) is 8.34. The second-order valence-corrected chi connectivity index (χ2v) is 8.34. The van der Waals surface area contributed by atoms with Crippen LogP contribution in [0.5, 0.6) is 5.88 Å². The monoisotopic (exact) mass is 480 g/mol. The van der Waals surface area contributed by atoms with Gasteiger partial charge in [0, 0.05) is 41.6 Å². The molecule has 0 aliphatic rings. The number of hydrogen-bond acceptors (Lipinski definition) is 6. The molecule has 0 amide bonds. The van der Waals surface area contributed by atoms with Gasteiger partial charge in [-0.3, -0.25) is 10.1 Å². The summed E-state index contributed by atoms with van der Waals surface area (Å²) in [5.41, 5.74) is 11.4. The van der Waals surface area contributed by atoms with E-state index in [4.69, 9.17) is 10.7 Å². The smallest absolute Gasteiger partial charge is 0.270 e. The molecule has 0 bridgehead atoms. The van der Waals surface area contributed by atoms with E-state index in [9.17, 15) is 15.2 Å². The first kappa shape index (κ1) is 23.0. The molecule has 0 saturated carbocycles. The third-order valence-electron chi connectivity index (χ3n) is 6.06. The molecule has 0 aliphatic heterocycles. The molecule has 9 nitrogen and oxygen atoms in total. The lowest BCUT2D eigenvalue weighted by molar-refractivity contribution is -0.384. The summed E-state index contributed by atoms with van der Waals surface area (Å²) in [7, 11) is 0. The highest BCUT2D eigenvalue weighted by Crippen LogP contribution is 2.34. The van der Waals surface area contributed by atoms with Crippen LogP contribution in [0, 0.1) is 10.1 Å². The van der Waals surface area contributed by atoms with Crippen LogP contribution < -0.4 is 5.73 Å². The zero-order valence-electron chi connectivity index (χ0n) is 19.5. The topological polar surface area (TPSA) is 146 Å². The molecule has 0 atom stereocenters. The number of nitrogens with one attached hydrogen (secondary N) is 2. The van der Waals surface area contributed by atoms with E-state index in [0.717, 1.165) is 34.6 Å². The van der Waals surface area contributed by atoms with Gasteiger partial charge in [-0.2, -0.15) is 0 Å². The summed E-state index contributed by atoms with van der Waals surface area (Å²) >= 11 is 0. The van der Waals surface area contributed by atoms with Crippen LogP contribution >= 0.6 is 0 Å². The predicted octanol–water partition coefficient (Wildman–Crippen LogP) is 5.36. The summed E-state index contributed by atoms with van der Waals surface area (Å²) in [5.74, 6) is 0.799. The van der Waals surface area contributed by atoms with E-state index in [1.54, 1.807) is 12.3 Å². The minimum atomic E-state index is -0.460. The van der Waals surface area contributed by atoms with Crippen molar-refractivity contribution in [1.82, 2.24) is 15.0 Å². The van der Waals surface area contributed by atoms with Crippen molar-refractivity contribution in [2.75, 3.05) is 0 Å². The molecule has 5 rings (SSSR count). The number of non-ortho nitro benzene ring substituents is 1. The first-order valence-corrected chi connectivity index (χ1v) is 11.5. The van der Waals surface area contributed by atoms with E-state index >= 15 is 0 Å². The molecule has 0 unspecified atom stereocenters. The number of aromatic hydroxyl groups is 1. The molecule has 5 aromatic rings. The number of hydrogen-bond donors (Lipinski definition) is 4. The van der Waals surface area contributed by atoms with Crippen molar-refractivity contribution >= 4 is 28.0 Å². The Labute approximate surface area is 206 Å². The average molecular weight is 481 g/mol. The Balaban J connectivity index is 1.65. The summed E-state index contributed by atoms with van der Waals surface area (Å²) in [4.78, 5) is 26.4. The Kier molecular flexibility index (Phi) is 6.05. The van der Waals surface area contributed by atoms with Gasteiger partial charge in [0.05, 0.1) is 33.8 Å². The van der Waals surface area contributed by atoms with Gasteiger partial charge in [-0.25, -0.2) is 9.98 Å². The van der Waals surface area contributed by atoms with Gasteiger partial charge in [-0.05, 0) is 29.3 Å². The molecule has 36 heavy (non-hydrogen) atoms. The SMILES string of the molecule is CCc1ncc(-c2ccc(N=C(c3ccc(CN)cc3)c3c(O)[nH]c4ccc([N+](=O)[O-])cc34)cc2)[nH]1. The lowest BCUT2D eigenvalue weighted by Gasteiger charge is -2.09. The third kappa shape index (κ3) is 4.35. The van der Waals surface area contributed by atoms with Gasteiger partial charge in [0.25, 0.3) is 5.69 Å². The number of aliphatic imine (C=N–C) groups is 1. The molecular formula is C27H24N6O3. The number of nitro groups is 1. The van der Waals surface area contributed by atoms with Crippen LogP contribution in [-0.4, -0.2) is 30.7 Å². The van der Waals surface area contributed by atoms with E-state index in [1.807, 2.05) is 55.5 Å². The van der Waals surface area contributed by atoms with Gasteiger partial charge in [0.15, 0.2) is 5.88 Å². The molecule has 0 saturated heterocycles. The molecule has 0 fully saturated rings. The summed E-state index contributed by atoms with van der Waals surface area (Å²) in [6.07, 6.45) is 2.62. The predicted molar refractivity (Wildman–Crippen MR) is 140 cm³/mol. The number of nitro benzene ring substituents is 1. The van der Waals surface area contributed by atoms with Crippen LogP contribution in [0.25, 0.3) is 22.2 Å². The highest BCUT2D eigenvalue weighted by molar-refractivity contribution is 6.22. The second kappa shape index (κ2) is 9.47. The van der Waals surface area contributed by atoms with Gasteiger partial charge in [-0.1, -0.05) is 43.3 Å². The molecule has 9 heteroatoms. The Hall–Kier alpha value is -4.76. The number of fused-ring (bicyclic) bond motifs is 1. The Bertz CT molecular complexity index is 1580. The molecule has 0 radical (unpaired) electrons. The fourth-order valence-electron chi connectivity index (χ4n) is 4.12. The van der Waals surface area contributed by atoms with Gasteiger partial charge in [0.2, 0.25) is 0 Å². The zero-order valence-corrected chi connectivity index (χ0v) is 19.5. The highest BCUT2D eigenvalue weighted by atomic mass is 16.6. The Morgan fingerprint density at radius 1 is 1.08 bits per heavy atom. The Morgan fingerprint density at radius 2 is 1.83 bits per heavy atom. The Morgan fingerprint density at radius 3 is 2.47 bits per heavy atom. The number of aromatic amines is 2. The number of rotatable bonds is 7. The molecule has 0 aliphatic carbocycles. The van der Waals surface area contributed by atoms with E-state index in [0.29, 0.717) is 34.4 Å². The molecule has 180 valence electrons. The average Bonchev–Trinajstić information content (AvgIpc) is 3.51. The number of H-pyrrole nitrogens is 2. The zero-order chi connectivity index (χ0) is 25.2. The molecule has 0 spiro atoms. The first-order valence-electron chi connectivity index (χ1n) is 11.5. The van der Waals surface area contributed by atoms with Crippen molar-refractivity contribution in [3.8, 4) is 17.1 Å². The van der Waals surface area contributed by atoms with Gasteiger partial charge in [0.1, 0.15) is 5.82 Å². The standard InChI is InChI=1S/C27H24N6O3/c1-2-24-29-15-23(31-24)17-7-9-19(10-8-17)30-26(18-5-3-16(14-28)4-6-18)25-21-13-20(33(35)36)11-12-22(21)32-27(25)34/h3-13,15,32,34H,2,14,28H2,1H3,(H,29,31). The van der Waals surface area contributed by atoms with Crippen molar-refractivity contribution in [2.24, 2.45) is 10.7 Å². The summed E-state index contributed by atoms with van der Waals surface area (Å²) in [5, 5.41) is 22.8. The number of aromatic nitrogens is 3. The normalized spacial score (nSPS) is 11.8. The molecular weight excluding hydrogens is 456 g/mol. The minimum Gasteiger partial charge on any atom is -0.494 e. The number of benzene rings is 3.